The Bertz CT molecular complexity index is 1110. The number of nitrogens with zero attached hydrogens (tertiary/aromatic N) is 3. The minimum absolute atomic E-state index is 0.00256. The maximum absolute atomic E-state index is 13.8. The second-order valence-electron chi connectivity index (χ2n) is 8.77. The van der Waals surface area contributed by atoms with Gasteiger partial charge in [0.15, 0.2) is 11.5 Å². The topological polar surface area (TPSA) is 59.3 Å². The predicted octanol–water partition coefficient (Wildman–Crippen LogP) is 4.92. The van der Waals surface area contributed by atoms with Crippen LogP contribution in [0.1, 0.15) is 43.2 Å². The zero-order valence-electron chi connectivity index (χ0n) is 16.8. The van der Waals surface area contributed by atoms with Crippen molar-refractivity contribution in [3.05, 3.63) is 47.5 Å². The number of rotatable bonds is 4. The lowest BCUT2D eigenvalue weighted by Crippen LogP contribution is -2.20. The van der Waals surface area contributed by atoms with E-state index in [0.29, 0.717) is 35.3 Å². The molecule has 2 fully saturated rings. The van der Waals surface area contributed by atoms with Crippen LogP contribution >= 0.6 is 0 Å². The van der Waals surface area contributed by atoms with E-state index in [-0.39, 0.29) is 11.7 Å². The normalized spacial score (nSPS) is 23.1. The zero-order chi connectivity index (χ0) is 20.1. The molecule has 2 heterocycles. The molecular formula is C23H25FN4O. The van der Waals surface area contributed by atoms with Crippen molar-refractivity contribution in [1.82, 2.24) is 14.6 Å². The highest BCUT2D eigenvalue weighted by Crippen LogP contribution is 2.49. The van der Waals surface area contributed by atoms with Crippen molar-refractivity contribution >= 4 is 17.4 Å². The van der Waals surface area contributed by atoms with Gasteiger partial charge in [0.1, 0.15) is 5.82 Å². The molecule has 1 N–H and O–H groups in total. The van der Waals surface area contributed by atoms with E-state index in [9.17, 15) is 9.18 Å². The van der Waals surface area contributed by atoms with E-state index < -0.39 is 0 Å². The summed E-state index contributed by atoms with van der Waals surface area (Å²) >= 11 is 0. The fourth-order valence-corrected chi connectivity index (χ4v) is 5.23. The molecule has 3 aromatic rings. The lowest BCUT2D eigenvalue weighted by molar-refractivity contribution is -0.117. The summed E-state index contributed by atoms with van der Waals surface area (Å²) in [6.07, 6.45) is 9.26. The van der Waals surface area contributed by atoms with Crippen LogP contribution in [0.5, 0.6) is 0 Å². The number of fused-ring (bicyclic) bond motifs is 3. The lowest BCUT2D eigenvalue weighted by atomic mass is 9.86. The average molecular weight is 392 g/mol. The van der Waals surface area contributed by atoms with Crippen LogP contribution in [0.3, 0.4) is 0 Å². The molecule has 5 nitrogen and oxygen atoms in total. The van der Waals surface area contributed by atoms with Crippen molar-refractivity contribution in [2.75, 3.05) is 5.32 Å². The monoisotopic (exact) mass is 392 g/mol. The Kier molecular flexibility index (Phi) is 4.37. The largest absolute Gasteiger partial charge is 0.309 e. The SMILES string of the molecule is Cc1cnc2c(-c3ccc(F)c(C)c3)c(NC(=O)CC3CC4CCC3C4)nn2c1. The molecule has 150 valence electrons. The van der Waals surface area contributed by atoms with E-state index in [1.165, 1.54) is 31.7 Å². The number of benzene rings is 1. The van der Waals surface area contributed by atoms with Crippen molar-refractivity contribution in [3.63, 3.8) is 0 Å². The minimum Gasteiger partial charge on any atom is -0.309 e. The van der Waals surface area contributed by atoms with Gasteiger partial charge in [-0.05, 0) is 79.7 Å². The summed E-state index contributed by atoms with van der Waals surface area (Å²) in [5.41, 5.74) is 3.70. The molecule has 1 aromatic carbocycles. The maximum atomic E-state index is 13.8. The van der Waals surface area contributed by atoms with Gasteiger partial charge in [0.25, 0.3) is 0 Å². The molecule has 2 aliphatic rings. The van der Waals surface area contributed by atoms with Crippen LogP contribution in [-0.4, -0.2) is 20.5 Å². The van der Waals surface area contributed by atoms with Gasteiger partial charge in [0, 0.05) is 18.8 Å². The Labute approximate surface area is 169 Å². The van der Waals surface area contributed by atoms with Crippen molar-refractivity contribution in [2.24, 2.45) is 17.8 Å². The van der Waals surface area contributed by atoms with Gasteiger partial charge in [-0.1, -0.05) is 12.5 Å². The number of carbonyl (C=O) groups excluding carboxylic acids is 1. The molecule has 2 aromatic heterocycles. The van der Waals surface area contributed by atoms with Gasteiger partial charge in [0.2, 0.25) is 5.91 Å². The molecule has 3 atom stereocenters. The number of amides is 1. The van der Waals surface area contributed by atoms with E-state index in [0.717, 1.165) is 22.6 Å². The molecule has 2 bridgehead atoms. The smallest absolute Gasteiger partial charge is 0.225 e. The van der Waals surface area contributed by atoms with Crippen LogP contribution in [0, 0.1) is 37.4 Å². The van der Waals surface area contributed by atoms with Gasteiger partial charge < -0.3 is 5.32 Å². The third kappa shape index (κ3) is 3.30. The van der Waals surface area contributed by atoms with Crippen LogP contribution in [0.15, 0.2) is 30.6 Å². The molecule has 5 rings (SSSR count). The van der Waals surface area contributed by atoms with Crippen molar-refractivity contribution in [2.45, 2.75) is 46.0 Å². The van der Waals surface area contributed by atoms with E-state index >= 15 is 0 Å². The Morgan fingerprint density at radius 3 is 2.86 bits per heavy atom. The fourth-order valence-electron chi connectivity index (χ4n) is 5.23. The Morgan fingerprint density at radius 2 is 2.14 bits per heavy atom. The fraction of sp³-hybridized carbons (Fsp3) is 0.435. The number of nitrogens with one attached hydrogen (secondary N) is 1. The molecule has 0 aliphatic heterocycles. The third-order valence-electron chi connectivity index (χ3n) is 6.64. The number of anilines is 1. The van der Waals surface area contributed by atoms with Crippen LogP contribution in [0.25, 0.3) is 16.8 Å². The van der Waals surface area contributed by atoms with E-state index in [2.05, 4.69) is 15.4 Å². The molecule has 1 amide bonds. The molecule has 0 spiro atoms. The average Bonchev–Trinajstić information content (AvgIpc) is 3.37. The highest BCUT2D eigenvalue weighted by molar-refractivity contribution is 5.98. The molecule has 6 heteroatoms. The van der Waals surface area contributed by atoms with Gasteiger partial charge in [-0.2, -0.15) is 0 Å². The summed E-state index contributed by atoms with van der Waals surface area (Å²) in [4.78, 5) is 17.4. The number of carbonyl (C=O) groups is 1. The maximum Gasteiger partial charge on any atom is 0.225 e. The number of hydrogen-bond donors (Lipinski definition) is 1. The van der Waals surface area contributed by atoms with Crippen molar-refractivity contribution < 1.29 is 9.18 Å². The summed E-state index contributed by atoms with van der Waals surface area (Å²) in [6, 6.07) is 4.94. The van der Waals surface area contributed by atoms with Gasteiger partial charge in [0.05, 0.1) is 5.56 Å². The summed E-state index contributed by atoms with van der Waals surface area (Å²) in [7, 11) is 0. The Balaban J connectivity index is 1.49. The molecule has 2 saturated carbocycles. The first kappa shape index (κ1) is 18.3. The molecular weight excluding hydrogens is 367 g/mol. The van der Waals surface area contributed by atoms with E-state index in [1.807, 2.05) is 13.1 Å². The van der Waals surface area contributed by atoms with Gasteiger partial charge in [-0.15, -0.1) is 5.10 Å². The van der Waals surface area contributed by atoms with Gasteiger partial charge in [-0.3, -0.25) is 4.79 Å². The summed E-state index contributed by atoms with van der Waals surface area (Å²) in [5, 5.41) is 7.63. The highest BCUT2D eigenvalue weighted by Gasteiger charge is 2.40. The predicted molar refractivity (Wildman–Crippen MR) is 110 cm³/mol. The standard InChI is InChI=1S/C23H25FN4O/c1-13-11-25-23-21(17-5-6-19(24)14(2)7-17)22(27-28(23)12-13)26-20(29)10-18-9-15-3-4-16(18)8-15/h5-7,11-12,15-16,18H,3-4,8-10H2,1-2H3,(H,26,27,29). The molecule has 0 radical (unpaired) electrons. The number of aryl methyl sites for hydroxylation is 2. The first-order chi connectivity index (χ1) is 14.0. The molecule has 2 aliphatic carbocycles. The van der Waals surface area contributed by atoms with E-state index in [4.69, 9.17) is 0 Å². The third-order valence-corrected chi connectivity index (χ3v) is 6.64. The van der Waals surface area contributed by atoms with Gasteiger partial charge in [-0.25, -0.2) is 13.9 Å². The Hall–Kier alpha value is -2.76. The summed E-state index contributed by atoms with van der Waals surface area (Å²) in [6.45, 7) is 3.68. The van der Waals surface area contributed by atoms with Gasteiger partial charge >= 0.3 is 0 Å². The zero-order valence-corrected chi connectivity index (χ0v) is 16.8. The van der Waals surface area contributed by atoms with Crippen molar-refractivity contribution in [3.8, 4) is 11.1 Å². The Morgan fingerprint density at radius 1 is 1.28 bits per heavy atom. The van der Waals surface area contributed by atoms with Crippen LogP contribution in [0.4, 0.5) is 10.2 Å². The first-order valence-electron chi connectivity index (χ1n) is 10.4. The highest BCUT2D eigenvalue weighted by atomic mass is 19.1. The van der Waals surface area contributed by atoms with Crippen molar-refractivity contribution in [1.29, 1.82) is 0 Å². The number of hydrogen-bond acceptors (Lipinski definition) is 3. The van der Waals surface area contributed by atoms with Crippen LogP contribution in [0.2, 0.25) is 0 Å². The first-order valence-corrected chi connectivity index (χ1v) is 10.4. The summed E-state index contributed by atoms with van der Waals surface area (Å²) in [5.74, 6) is 2.25. The number of halogens is 1. The van der Waals surface area contributed by atoms with Crippen LogP contribution < -0.4 is 5.32 Å². The minimum atomic E-state index is -0.254. The van der Waals surface area contributed by atoms with E-state index in [1.54, 1.807) is 29.8 Å². The molecule has 29 heavy (non-hydrogen) atoms. The molecule has 0 saturated heterocycles. The molecule has 3 unspecified atom stereocenters. The quantitative estimate of drug-likeness (QED) is 0.686. The second kappa shape index (κ2) is 6.94. The number of aromatic nitrogens is 3. The summed E-state index contributed by atoms with van der Waals surface area (Å²) < 4.78 is 15.5. The lowest BCUT2D eigenvalue weighted by Gasteiger charge is -2.20. The second-order valence-corrected chi connectivity index (χ2v) is 8.77. The van der Waals surface area contributed by atoms with Crippen LogP contribution in [-0.2, 0) is 4.79 Å².